The first-order valence-electron chi connectivity index (χ1n) is 26.3. The Labute approximate surface area is 432 Å². The number of hydrogen-bond acceptors (Lipinski definition) is 0. The molecule has 74 heavy (non-hydrogen) atoms. The van der Waals surface area contributed by atoms with Crippen molar-refractivity contribution >= 4 is 35.1 Å². The quantitative estimate of drug-likeness (QED) is 0.116. The first kappa shape index (κ1) is 51.9. The minimum absolute atomic E-state index is 0.117. The molecule has 8 fully saturated rings. The van der Waals surface area contributed by atoms with Gasteiger partial charge in [-0.1, -0.05) is 0 Å². The van der Waals surface area contributed by atoms with Crippen molar-refractivity contribution in [1.82, 2.24) is 0 Å². The molecule has 0 saturated heterocycles. The Morgan fingerprint density at radius 3 is 1.00 bits per heavy atom. The van der Waals surface area contributed by atoms with Crippen molar-refractivity contribution < 1.29 is 68.2 Å². The van der Waals surface area contributed by atoms with Crippen LogP contribution in [0.5, 0.6) is 0 Å². The van der Waals surface area contributed by atoms with E-state index in [1.807, 2.05) is 24.3 Å². The fraction of sp³-hybridized carbons (Fsp3) is 0.517. The van der Waals surface area contributed by atoms with E-state index in [-0.39, 0.29) is 45.2 Å². The average molecular weight is 1170 g/mol. The monoisotopic (exact) mass is 1170 g/mol. The van der Waals surface area contributed by atoms with Crippen LogP contribution in [0.3, 0.4) is 0 Å². The molecule has 10 aliphatic rings. The van der Waals surface area contributed by atoms with Gasteiger partial charge in [-0.15, -0.1) is 0 Å². The van der Waals surface area contributed by atoms with E-state index >= 15 is 0 Å². The number of alkyl halides is 12. The third-order valence-corrected chi connectivity index (χ3v) is 71.6. The molecule has 10 aliphatic carbocycles. The van der Waals surface area contributed by atoms with Crippen molar-refractivity contribution in [1.29, 1.82) is 0 Å². The van der Waals surface area contributed by atoms with Crippen molar-refractivity contribution in [2.24, 2.45) is 46.3 Å². The molecule has 0 nitrogen and oxygen atoms in total. The number of benzene rings is 4. The topological polar surface area (TPSA) is 0 Å². The summed E-state index contributed by atoms with van der Waals surface area (Å²) in [6.07, 6.45) is -2.23. The summed E-state index contributed by atoms with van der Waals surface area (Å²) in [6, 6.07) is 13.6. The maximum atomic E-state index is 14.5. The van der Waals surface area contributed by atoms with E-state index < -0.39 is 75.7 Å². The molecule has 16 heteroatoms. The maximum absolute atomic E-state index is 14.5. The second kappa shape index (κ2) is 17.1. The molecule has 395 valence electrons. The van der Waals surface area contributed by atoms with Crippen LogP contribution in [0.4, 0.5) is 52.7 Å². The molecule has 0 radical (unpaired) electrons. The summed E-state index contributed by atoms with van der Waals surface area (Å²) in [4.78, 5) is 0. The van der Waals surface area contributed by atoms with Crippen LogP contribution in [0.2, 0.25) is 13.1 Å². The molecular weight excluding hydrogens is 1110 g/mol. The molecule has 2 unspecified atom stereocenters. The Morgan fingerprint density at radius 1 is 0.459 bits per heavy atom. The van der Waals surface area contributed by atoms with Crippen LogP contribution in [-0.4, -0.2) is 5.92 Å². The molecule has 8 saturated carbocycles. The second-order valence-corrected chi connectivity index (χ2v) is 67.6. The van der Waals surface area contributed by atoms with Crippen LogP contribution >= 0.6 is 17.0 Å². The molecule has 4 aromatic rings. The first-order valence-corrected chi connectivity index (χ1v) is 42.6. The molecule has 0 heterocycles. The van der Waals surface area contributed by atoms with Crippen molar-refractivity contribution in [2.75, 3.05) is 0 Å². The molecule has 0 spiro atoms. The number of hydrogen-bond donors (Lipinski definition) is 0. The summed E-state index contributed by atoms with van der Waals surface area (Å²) in [6.45, 7) is 4.26. The van der Waals surface area contributed by atoms with Crippen LogP contribution in [-0.2, 0) is 40.3 Å². The fourth-order valence-corrected chi connectivity index (χ4v) is 49.3. The van der Waals surface area contributed by atoms with E-state index in [1.165, 1.54) is 0 Å². The van der Waals surface area contributed by atoms with Crippen LogP contribution in [0.1, 0.15) is 142 Å². The van der Waals surface area contributed by atoms with Gasteiger partial charge in [0.25, 0.3) is 0 Å². The molecule has 0 N–H and O–H groups in total. The van der Waals surface area contributed by atoms with Crippen LogP contribution < -0.4 is 0 Å². The summed E-state index contributed by atoms with van der Waals surface area (Å²) < 4.78 is 173. The molecule has 2 atom stereocenters. The summed E-state index contributed by atoms with van der Waals surface area (Å²) in [5.41, 5.74) is -1.84. The number of rotatable bonds is 9. The van der Waals surface area contributed by atoms with Gasteiger partial charge in [0, 0.05) is 0 Å². The van der Waals surface area contributed by atoms with E-state index in [0.717, 1.165) is 112 Å². The van der Waals surface area contributed by atoms with Crippen molar-refractivity contribution in [3.63, 3.8) is 0 Å². The van der Waals surface area contributed by atoms with Gasteiger partial charge in [0.1, 0.15) is 0 Å². The zero-order chi connectivity index (χ0) is 52.5. The summed E-state index contributed by atoms with van der Waals surface area (Å²) >= 11 is -6.01. The van der Waals surface area contributed by atoms with E-state index in [2.05, 4.69) is 13.1 Å². The normalized spacial score (nSPS) is 31.7. The van der Waals surface area contributed by atoms with Gasteiger partial charge in [-0.2, -0.15) is 0 Å². The van der Waals surface area contributed by atoms with Gasteiger partial charge in [0.2, 0.25) is 0 Å². The van der Waals surface area contributed by atoms with Crippen LogP contribution in [0, 0.1) is 46.3 Å². The Morgan fingerprint density at radius 2 is 0.743 bits per heavy atom. The van der Waals surface area contributed by atoms with Gasteiger partial charge in [0.05, 0.1) is 0 Å². The zero-order valence-electron chi connectivity index (χ0n) is 41.0. The van der Waals surface area contributed by atoms with Gasteiger partial charge in [-0.25, -0.2) is 0 Å². The van der Waals surface area contributed by atoms with E-state index in [0.29, 0.717) is 70.6 Å². The third-order valence-electron chi connectivity index (χ3n) is 19.8. The number of fused-ring (bicyclic) bond motifs is 2. The van der Waals surface area contributed by atoms with Gasteiger partial charge in [-0.3, -0.25) is 0 Å². The van der Waals surface area contributed by atoms with E-state index in [1.54, 1.807) is 24.3 Å². The molecule has 8 bridgehead atoms. The molecule has 0 amide bonds. The molecule has 0 aromatic heterocycles. The average Bonchev–Trinajstić information content (AvgIpc) is 3.92. The Kier molecular flexibility index (Phi) is 12.0. The molecular formula is C58H57Cl2F12SiZr. The minimum atomic E-state index is -6.01. The van der Waals surface area contributed by atoms with Gasteiger partial charge in [0.15, 0.2) is 0 Å². The summed E-state index contributed by atoms with van der Waals surface area (Å²) in [5.74, 6) is 0.831. The second-order valence-electron chi connectivity index (χ2n) is 25.1. The standard InChI is InChI=1S/2C28H25F6.C2H7Si.2ClH.Zr/c2*29-27(30,31)22-9-21(10-23(11-22)28(32,33)34)24-3-1-2-20-7-19(8-25(20)24)15-26-12-16-4-17(13-26)6-18(5-16)14-26;1-3-2;;;/h2*1-3,7-11,16-18H,4-6,12-15H2;3H,1-2H3;2*1H;/q;;;;;+2/p-2. The summed E-state index contributed by atoms with van der Waals surface area (Å²) in [7, 11) is 18.1. The third kappa shape index (κ3) is 8.62. The Hall–Kier alpha value is -2.80. The first-order chi connectivity index (χ1) is 34.5. The van der Waals surface area contributed by atoms with Gasteiger partial charge >= 0.3 is 435 Å². The molecule has 14 rings (SSSR count). The van der Waals surface area contributed by atoms with Gasteiger partial charge < -0.3 is 0 Å². The zero-order valence-corrected chi connectivity index (χ0v) is 46.1. The predicted octanol–water partition coefficient (Wildman–Crippen LogP) is 19.9. The van der Waals surface area contributed by atoms with Gasteiger partial charge in [-0.05, 0) is 0 Å². The SMILES string of the molecule is C[SiH](C)[Zr]([Cl])([Cl])([CH]1C(CC23CC4CC(CC(C4)C2)C3)=Cc2c(-c3cc(C(F)(F)F)cc(C(F)(F)F)c3)cccc21)[CH]1C(CC23CC4CC(CC(C4)C2)C3)=Cc2c(-c3cc(C(F)(F)F)cc(C(F)(F)F)c3)cccc21. The summed E-state index contributed by atoms with van der Waals surface area (Å²) in [5, 5.41) is 0. The Bertz CT molecular complexity index is 2700. The van der Waals surface area contributed by atoms with Crippen LogP contribution in [0.15, 0.2) is 83.9 Å². The predicted molar refractivity (Wildman–Crippen MR) is 266 cm³/mol. The van der Waals surface area contributed by atoms with Crippen molar-refractivity contribution in [3.05, 3.63) is 128 Å². The van der Waals surface area contributed by atoms with Crippen LogP contribution in [0.25, 0.3) is 34.4 Å². The molecule has 0 aliphatic heterocycles. The van der Waals surface area contributed by atoms with Crippen molar-refractivity contribution in [2.45, 2.75) is 135 Å². The molecule has 4 aromatic carbocycles. The Balaban J connectivity index is 1.08. The van der Waals surface area contributed by atoms with E-state index in [9.17, 15) is 52.7 Å². The number of allylic oxidation sites excluding steroid dienone is 2. The van der Waals surface area contributed by atoms with Crippen molar-refractivity contribution in [3.8, 4) is 22.3 Å². The number of halogens is 14. The fourth-order valence-electron chi connectivity index (χ4n) is 18.0. The van der Waals surface area contributed by atoms with E-state index in [4.69, 9.17) is 17.0 Å².